The van der Waals surface area contributed by atoms with Crippen LogP contribution in [0.5, 0.6) is 0 Å². The molecule has 0 amide bonds. The van der Waals surface area contributed by atoms with Gasteiger partial charge >= 0.3 is 5.97 Å². The summed E-state index contributed by atoms with van der Waals surface area (Å²) in [5.74, 6) is -0.657. The number of rotatable bonds is 6. The van der Waals surface area contributed by atoms with Gasteiger partial charge in [-0.2, -0.15) is 0 Å². The molecule has 0 aliphatic rings. The number of ether oxygens (including phenoxy) is 1. The number of hydrogen-bond acceptors (Lipinski definition) is 6. The van der Waals surface area contributed by atoms with Crippen molar-refractivity contribution in [3.63, 3.8) is 0 Å². The molecule has 0 saturated heterocycles. The summed E-state index contributed by atoms with van der Waals surface area (Å²) in [6.07, 6.45) is -1.36. The molecule has 1 rings (SSSR count). The first-order valence-electron chi connectivity index (χ1n) is 5.78. The van der Waals surface area contributed by atoms with Crippen LogP contribution in [0.3, 0.4) is 0 Å². The standard InChI is InChI=1S/C12H16N2O5/c1-3-19-12(16)10(13-2)11(15)8-6-4-5-7-9(8)14(17)18/h4-7,10-11,13,15H,3H2,1-2H3. The third-order valence-electron chi connectivity index (χ3n) is 2.62. The van der Waals surface area contributed by atoms with Gasteiger partial charge in [0.1, 0.15) is 12.1 Å². The van der Waals surface area contributed by atoms with E-state index in [1.165, 1.54) is 25.2 Å². The molecule has 2 unspecified atom stereocenters. The smallest absolute Gasteiger partial charge is 0.326 e. The molecule has 0 fully saturated rings. The van der Waals surface area contributed by atoms with Crippen molar-refractivity contribution in [3.05, 3.63) is 39.9 Å². The Morgan fingerprint density at radius 3 is 2.68 bits per heavy atom. The van der Waals surface area contributed by atoms with E-state index in [-0.39, 0.29) is 17.9 Å². The number of carbonyl (C=O) groups is 1. The molecule has 0 saturated carbocycles. The van der Waals surface area contributed by atoms with Gasteiger partial charge < -0.3 is 15.2 Å². The zero-order valence-corrected chi connectivity index (χ0v) is 10.7. The van der Waals surface area contributed by atoms with Crippen LogP contribution in [-0.4, -0.2) is 35.7 Å². The number of esters is 1. The second-order valence-electron chi connectivity index (χ2n) is 3.78. The molecule has 0 heterocycles. The number of aliphatic hydroxyl groups excluding tert-OH is 1. The van der Waals surface area contributed by atoms with Crippen LogP contribution in [0.1, 0.15) is 18.6 Å². The topological polar surface area (TPSA) is 102 Å². The van der Waals surface area contributed by atoms with E-state index in [9.17, 15) is 20.0 Å². The van der Waals surface area contributed by atoms with Crippen molar-refractivity contribution < 1.29 is 19.6 Å². The first-order valence-corrected chi connectivity index (χ1v) is 5.78. The van der Waals surface area contributed by atoms with Gasteiger partial charge in [0.2, 0.25) is 0 Å². The number of nitro benzene ring substituents is 1. The summed E-state index contributed by atoms with van der Waals surface area (Å²) in [7, 11) is 1.47. The highest BCUT2D eigenvalue weighted by atomic mass is 16.6. The number of para-hydroxylation sites is 1. The molecular weight excluding hydrogens is 252 g/mol. The third-order valence-corrected chi connectivity index (χ3v) is 2.62. The maximum Gasteiger partial charge on any atom is 0.326 e. The lowest BCUT2D eigenvalue weighted by Gasteiger charge is -2.20. The minimum atomic E-state index is -1.36. The Morgan fingerprint density at radius 1 is 1.53 bits per heavy atom. The number of benzene rings is 1. The lowest BCUT2D eigenvalue weighted by molar-refractivity contribution is -0.386. The number of likely N-dealkylation sites (N-methyl/N-ethyl adjacent to an activating group) is 1. The van der Waals surface area contributed by atoms with Gasteiger partial charge in [0.25, 0.3) is 5.69 Å². The largest absolute Gasteiger partial charge is 0.465 e. The average Bonchev–Trinajstić information content (AvgIpc) is 2.39. The Labute approximate surface area is 110 Å². The molecule has 1 aromatic carbocycles. The minimum Gasteiger partial charge on any atom is -0.465 e. The van der Waals surface area contributed by atoms with Crippen molar-refractivity contribution in [3.8, 4) is 0 Å². The predicted octanol–water partition coefficient (Wildman–Crippen LogP) is 0.779. The van der Waals surface area contributed by atoms with Gasteiger partial charge in [-0.15, -0.1) is 0 Å². The first kappa shape index (κ1) is 15.1. The van der Waals surface area contributed by atoms with E-state index in [4.69, 9.17) is 4.74 Å². The second-order valence-corrected chi connectivity index (χ2v) is 3.78. The van der Waals surface area contributed by atoms with E-state index in [0.717, 1.165) is 0 Å². The van der Waals surface area contributed by atoms with Gasteiger partial charge in [-0.1, -0.05) is 12.1 Å². The maximum atomic E-state index is 11.7. The summed E-state index contributed by atoms with van der Waals surface area (Å²) < 4.78 is 4.81. The summed E-state index contributed by atoms with van der Waals surface area (Å²) in [4.78, 5) is 21.9. The quantitative estimate of drug-likeness (QED) is 0.449. The number of hydrogen-bond donors (Lipinski definition) is 2. The lowest BCUT2D eigenvalue weighted by Crippen LogP contribution is -2.41. The summed E-state index contributed by atoms with van der Waals surface area (Å²) in [5, 5.41) is 23.6. The van der Waals surface area contributed by atoms with Crippen molar-refractivity contribution in [1.82, 2.24) is 5.32 Å². The van der Waals surface area contributed by atoms with E-state index in [2.05, 4.69) is 5.32 Å². The molecule has 0 aromatic heterocycles. The molecule has 0 aliphatic carbocycles. The van der Waals surface area contributed by atoms with Gasteiger partial charge in [-0.25, -0.2) is 0 Å². The van der Waals surface area contributed by atoms with Crippen LogP contribution in [-0.2, 0) is 9.53 Å². The molecule has 2 N–H and O–H groups in total. The predicted molar refractivity (Wildman–Crippen MR) is 67.5 cm³/mol. The van der Waals surface area contributed by atoms with Gasteiger partial charge in [-0.3, -0.25) is 14.9 Å². The molecule has 0 aliphatic heterocycles. The molecule has 7 heteroatoms. The fraction of sp³-hybridized carbons (Fsp3) is 0.417. The Kier molecular flexibility index (Phi) is 5.40. The van der Waals surface area contributed by atoms with Crippen LogP contribution in [0.2, 0.25) is 0 Å². The van der Waals surface area contributed by atoms with E-state index >= 15 is 0 Å². The summed E-state index contributed by atoms with van der Waals surface area (Å²) in [6, 6.07) is 4.68. The van der Waals surface area contributed by atoms with Gasteiger partial charge in [-0.05, 0) is 20.0 Å². The Hall–Kier alpha value is -1.99. The SMILES string of the molecule is CCOC(=O)C(NC)C(O)c1ccccc1[N+](=O)[O-]. The van der Waals surface area contributed by atoms with Gasteiger partial charge in [0, 0.05) is 6.07 Å². The maximum absolute atomic E-state index is 11.7. The van der Waals surface area contributed by atoms with E-state index in [1.54, 1.807) is 13.0 Å². The van der Waals surface area contributed by atoms with Crippen LogP contribution in [0.25, 0.3) is 0 Å². The highest BCUT2D eigenvalue weighted by Gasteiger charge is 2.32. The van der Waals surface area contributed by atoms with Gasteiger partial charge in [0.05, 0.1) is 17.1 Å². The van der Waals surface area contributed by atoms with Crippen molar-refractivity contribution >= 4 is 11.7 Å². The van der Waals surface area contributed by atoms with Crippen LogP contribution in [0.4, 0.5) is 5.69 Å². The lowest BCUT2D eigenvalue weighted by atomic mass is 10.0. The molecule has 19 heavy (non-hydrogen) atoms. The van der Waals surface area contributed by atoms with Crippen LogP contribution in [0.15, 0.2) is 24.3 Å². The molecule has 0 bridgehead atoms. The molecule has 0 spiro atoms. The third kappa shape index (κ3) is 3.49. The molecular formula is C12H16N2O5. The highest BCUT2D eigenvalue weighted by Crippen LogP contribution is 2.27. The fourth-order valence-electron chi connectivity index (χ4n) is 1.72. The summed E-state index contributed by atoms with van der Waals surface area (Å²) in [6.45, 7) is 1.81. The Bertz CT molecular complexity index is 463. The van der Waals surface area contributed by atoms with E-state index in [1.807, 2.05) is 0 Å². The van der Waals surface area contributed by atoms with Crippen LogP contribution < -0.4 is 5.32 Å². The Balaban J connectivity index is 3.07. The van der Waals surface area contributed by atoms with Crippen molar-refractivity contribution in [2.75, 3.05) is 13.7 Å². The monoisotopic (exact) mass is 268 g/mol. The molecule has 7 nitrogen and oxygen atoms in total. The Morgan fingerprint density at radius 2 is 2.16 bits per heavy atom. The summed E-state index contributed by atoms with van der Waals surface area (Å²) >= 11 is 0. The van der Waals surface area contributed by atoms with E-state index in [0.29, 0.717) is 0 Å². The number of carbonyl (C=O) groups excluding carboxylic acids is 1. The van der Waals surface area contributed by atoms with Gasteiger partial charge in [0.15, 0.2) is 0 Å². The van der Waals surface area contributed by atoms with Crippen molar-refractivity contribution in [1.29, 1.82) is 0 Å². The number of nitrogens with zero attached hydrogens (tertiary/aromatic N) is 1. The number of nitrogens with one attached hydrogen (secondary N) is 1. The average molecular weight is 268 g/mol. The fourth-order valence-corrected chi connectivity index (χ4v) is 1.72. The highest BCUT2D eigenvalue weighted by molar-refractivity contribution is 5.77. The number of nitro groups is 1. The first-order chi connectivity index (χ1) is 9.02. The minimum absolute atomic E-state index is 0.0694. The second kappa shape index (κ2) is 6.81. The molecule has 1 aromatic rings. The van der Waals surface area contributed by atoms with Crippen LogP contribution in [0, 0.1) is 10.1 Å². The normalized spacial score (nSPS) is 13.6. The summed E-state index contributed by atoms with van der Waals surface area (Å²) in [5.41, 5.74) is -0.167. The molecule has 0 radical (unpaired) electrons. The van der Waals surface area contributed by atoms with E-state index < -0.39 is 23.0 Å². The van der Waals surface area contributed by atoms with Crippen molar-refractivity contribution in [2.24, 2.45) is 0 Å². The zero-order chi connectivity index (χ0) is 14.4. The zero-order valence-electron chi connectivity index (χ0n) is 10.7. The number of aliphatic hydroxyl groups is 1. The van der Waals surface area contributed by atoms with Crippen molar-refractivity contribution in [2.45, 2.75) is 19.1 Å². The molecule has 104 valence electrons. The molecule has 2 atom stereocenters. The van der Waals surface area contributed by atoms with Crippen LogP contribution >= 0.6 is 0 Å².